The minimum Gasteiger partial charge on any atom is -0.491 e. The first-order valence-electron chi connectivity index (χ1n) is 9.00. The Morgan fingerprint density at radius 1 is 1.13 bits per heavy atom. The Balaban J connectivity index is 1.84. The van der Waals surface area contributed by atoms with Gasteiger partial charge in [-0.3, -0.25) is 0 Å². The van der Waals surface area contributed by atoms with Crippen LogP contribution in [0, 0.1) is 5.82 Å². The molecular formula is C20H21F5N2O3. The van der Waals surface area contributed by atoms with Gasteiger partial charge in [0.2, 0.25) is 0 Å². The fourth-order valence-corrected chi connectivity index (χ4v) is 2.39. The molecule has 0 bridgehead atoms. The second kappa shape index (κ2) is 10.8. The van der Waals surface area contributed by atoms with Gasteiger partial charge in [0.15, 0.2) is 11.6 Å². The average Bonchev–Trinajstić information content (AvgIpc) is 2.68. The van der Waals surface area contributed by atoms with E-state index in [9.17, 15) is 26.7 Å². The lowest BCUT2D eigenvalue weighted by molar-refractivity contribution is -0.168. The van der Waals surface area contributed by atoms with Crippen LogP contribution in [-0.2, 0) is 17.9 Å². The standard InChI is InChI=1S/C20H21F5N2O3/c1-2-30-17-7-6-13(9-16(17)21)10-26-19(28)27-15-5-3-4-14(8-15)11-29-12-20(24,25)18(22)23/h3-9,18H,2,10-12H2,1H3,(H2,26,27,28). The summed E-state index contributed by atoms with van der Waals surface area (Å²) in [6.07, 6.45) is -3.81. The van der Waals surface area contributed by atoms with Gasteiger partial charge in [0.05, 0.1) is 13.2 Å². The Morgan fingerprint density at radius 2 is 1.90 bits per heavy atom. The molecular weight excluding hydrogens is 411 g/mol. The van der Waals surface area contributed by atoms with Gasteiger partial charge in [-0.1, -0.05) is 18.2 Å². The van der Waals surface area contributed by atoms with Crippen LogP contribution in [-0.4, -0.2) is 31.6 Å². The highest BCUT2D eigenvalue weighted by Gasteiger charge is 2.40. The van der Waals surface area contributed by atoms with E-state index in [1.807, 2.05) is 0 Å². The Bertz CT molecular complexity index is 849. The quantitative estimate of drug-likeness (QED) is 0.522. The third kappa shape index (κ3) is 7.18. The fourth-order valence-electron chi connectivity index (χ4n) is 2.39. The van der Waals surface area contributed by atoms with Gasteiger partial charge in [0.1, 0.15) is 6.61 Å². The molecule has 0 fully saturated rings. The maximum absolute atomic E-state index is 13.8. The zero-order chi connectivity index (χ0) is 22.1. The van der Waals surface area contributed by atoms with Crippen molar-refractivity contribution in [3.63, 3.8) is 0 Å². The predicted octanol–water partition coefficient (Wildman–Crippen LogP) is 4.96. The van der Waals surface area contributed by atoms with E-state index in [1.54, 1.807) is 25.1 Å². The summed E-state index contributed by atoms with van der Waals surface area (Å²) < 4.78 is 73.5. The number of anilines is 1. The largest absolute Gasteiger partial charge is 0.491 e. The van der Waals surface area contributed by atoms with Crippen LogP contribution in [0.3, 0.4) is 0 Å². The number of benzene rings is 2. The minimum absolute atomic E-state index is 0.0562. The van der Waals surface area contributed by atoms with Crippen LogP contribution < -0.4 is 15.4 Å². The number of hydrogen-bond acceptors (Lipinski definition) is 3. The van der Waals surface area contributed by atoms with Gasteiger partial charge >= 0.3 is 18.4 Å². The molecule has 0 saturated heterocycles. The Kier molecular flexibility index (Phi) is 8.40. The monoisotopic (exact) mass is 432 g/mol. The summed E-state index contributed by atoms with van der Waals surface area (Å²) in [5, 5.41) is 5.08. The average molecular weight is 432 g/mol. The molecule has 0 aromatic heterocycles. The molecule has 164 valence electrons. The van der Waals surface area contributed by atoms with Crippen LogP contribution in [0.1, 0.15) is 18.1 Å². The first-order chi connectivity index (χ1) is 14.2. The molecule has 10 heteroatoms. The summed E-state index contributed by atoms with van der Waals surface area (Å²) in [5.41, 5.74) is 1.27. The van der Waals surface area contributed by atoms with E-state index < -0.39 is 30.8 Å². The molecule has 0 heterocycles. The van der Waals surface area contributed by atoms with Crippen molar-refractivity contribution >= 4 is 11.7 Å². The number of nitrogens with one attached hydrogen (secondary N) is 2. The number of amides is 2. The van der Waals surface area contributed by atoms with Crippen molar-refractivity contribution in [2.24, 2.45) is 0 Å². The van der Waals surface area contributed by atoms with Crippen LogP contribution in [0.5, 0.6) is 5.75 Å². The number of urea groups is 1. The van der Waals surface area contributed by atoms with Gasteiger partial charge in [-0.05, 0) is 42.3 Å². The highest BCUT2D eigenvalue weighted by molar-refractivity contribution is 5.89. The maximum atomic E-state index is 13.8. The number of carbonyl (C=O) groups is 1. The van der Waals surface area contributed by atoms with Gasteiger partial charge in [-0.15, -0.1) is 0 Å². The normalized spacial score (nSPS) is 11.4. The molecule has 0 aliphatic rings. The molecule has 2 aromatic carbocycles. The molecule has 0 radical (unpaired) electrons. The summed E-state index contributed by atoms with van der Waals surface area (Å²) in [5.74, 6) is -4.64. The van der Waals surface area contributed by atoms with E-state index in [0.717, 1.165) is 0 Å². The first kappa shape index (κ1) is 23.4. The number of halogens is 5. The molecule has 30 heavy (non-hydrogen) atoms. The number of hydrogen-bond donors (Lipinski definition) is 2. The van der Waals surface area contributed by atoms with Gasteiger partial charge in [0, 0.05) is 12.2 Å². The highest BCUT2D eigenvalue weighted by Crippen LogP contribution is 2.23. The third-order valence-electron chi connectivity index (χ3n) is 3.82. The van der Waals surface area contributed by atoms with E-state index in [-0.39, 0.29) is 18.9 Å². The van der Waals surface area contributed by atoms with Crippen molar-refractivity contribution in [3.05, 3.63) is 59.4 Å². The molecule has 0 aliphatic heterocycles. The SMILES string of the molecule is CCOc1ccc(CNC(=O)Nc2cccc(COCC(F)(F)C(F)F)c2)cc1F. The number of rotatable bonds is 10. The topological polar surface area (TPSA) is 59.6 Å². The smallest absolute Gasteiger partial charge is 0.330 e. The summed E-state index contributed by atoms with van der Waals surface area (Å²) in [7, 11) is 0. The van der Waals surface area contributed by atoms with E-state index in [2.05, 4.69) is 15.4 Å². The zero-order valence-electron chi connectivity index (χ0n) is 16.1. The molecule has 2 rings (SSSR count). The lowest BCUT2D eigenvalue weighted by atomic mass is 10.2. The van der Waals surface area contributed by atoms with Crippen LogP contribution in [0.25, 0.3) is 0 Å². The summed E-state index contributed by atoms with van der Waals surface area (Å²) in [4.78, 5) is 12.0. The van der Waals surface area contributed by atoms with Gasteiger partial charge in [0.25, 0.3) is 0 Å². The highest BCUT2D eigenvalue weighted by atomic mass is 19.3. The summed E-state index contributed by atoms with van der Waals surface area (Å²) >= 11 is 0. The first-order valence-corrected chi connectivity index (χ1v) is 9.00. The molecule has 0 unspecified atom stereocenters. The Morgan fingerprint density at radius 3 is 2.57 bits per heavy atom. The van der Waals surface area contributed by atoms with Crippen molar-refractivity contribution < 1.29 is 36.2 Å². The fraction of sp³-hybridized carbons (Fsp3) is 0.350. The summed E-state index contributed by atoms with van der Waals surface area (Å²) in [6, 6.07) is 9.83. The summed E-state index contributed by atoms with van der Waals surface area (Å²) in [6.45, 7) is 0.377. The molecule has 0 aliphatic carbocycles. The van der Waals surface area contributed by atoms with Gasteiger partial charge in [-0.25, -0.2) is 18.0 Å². The number of alkyl halides is 4. The molecule has 2 aromatic rings. The van der Waals surface area contributed by atoms with E-state index >= 15 is 0 Å². The predicted molar refractivity (Wildman–Crippen MR) is 100 cm³/mol. The van der Waals surface area contributed by atoms with Crippen molar-refractivity contribution in [2.75, 3.05) is 18.5 Å². The van der Waals surface area contributed by atoms with Crippen molar-refractivity contribution in [3.8, 4) is 5.75 Å². The van der Waals surface area contributed by atoms with Crippen molar-refractivity contribution in [2.45, 2.75) is 32.4 Å². The van der Waals surface area contributed by atoms with Crippen LogP contribution in [0.15, 0.2) is 42.5 Å². The lowest BCUT2D eigenvalue weighted by Gasteiger charge is -2.15. The van der Waals surface area contributed by atoms with E-state index in [1.165, 1.54) is 24.3 Å². The van der Waals surface area contributed by atoms with Crippen LogP contribution >= 0.6 is 0 Å². The van der Waals surface area contributed by atoms with Crippen molar-refractivity contribution in [1.29, 1.82) is 0 Å². The Labute approximate surface area is 170 Å². The lowest BCUT2D eigenvalue weighted by Crippen LogP contribution is -2.32. The zero-order valence-corrected chi connectivity index (χ0v) is 16.1. The molecule has 0 saturated carbocycles. The van der Waals surface area contributed by atoms with Crippen LogP contribution in [0.4, 0.5) is 32.4 Å². The van der Waals surface area contributed by atoms with Gasteiger partial charge in [-0.2, -0.15) is 8.78 Å². The van der Waals surface area contributed by atoms with Crippen molar-refractivity contribution in [1.82, 2.24) is 5.32 Å². The second-order valence-electron chi connectivity index (χ2n) is 6.26. The maximum Gasteiger partial charge on any atom is 0.330 e. The molecule has 2 N–H and O–H groups in total. The van der Waals surface area contributed by atoms with E-state index in [4.69, 9.17) is 4.74 Å². The Hall–Kier alpha value is -2.88. The minimum atomic E-state index is -4.23. The van der Waals surface area contributed by atoms with E-state index in [0.29, 0.717) is 23.4 Å². The number of ether oxygens (including phenoxy) is 2. The molecule has 5 nitrogen and oxygen atoms in total. The molecule has 0 spiro atoms. The molecule has 2 amide bonds. The third-order valence-corrected chi connectivity index (χ3v) is 3.82. The second-order valence-corrected chi connectivity index (χ2v) is 6.26. The molecule has 0 atom stereocenters. The van der Waals surface area contributed by atoms with Crippen LogP contribution in [0.2, 0.25) is 0 Å². The number of carbonyl (C=O) groups excluding carboxylic acids is 1. The van der Waals surface area contributed by atoms with Gasteiger partial charge < -0.3 is 20.1 Å².